The van der Waals surface area contributed by atoms with Crippen LogP contribution < -0.4 is 5.32 Å². The van der Waals surface area contributed by atoms with Gasteiger partial charge in [0.2, 0.25) is 0 Å². The number of carbonyl (C=O) groups excluding carboxylic acids is 1. The topological polar surface area (TPSA) is 41.5 Å². The minimum Gasteiger partial charge on any atom is -0.383 e. The van der Waals surface area contributed by atoms with Crippen LogP contribution in [-0.2, 0) is 4.79 Å². The molecule has 1 saturated carbocycles. The molecule has 4 rings (SSSR count). The van der Waals surface area contributed by atoms with Gasteiger partial charge in [-0.05, 0) is 42.9 Å². The van der Waals surface area contributed by atoms with Crippen LogP contribution in [0.3, 0.4) is 0 Å². The summed E-state index contributed by atoms with van der Waals surface area (Å²) in [5.74, 6) is 0.445. The minimum absolute atomic E-state index is 0.209. The van der Waals surface area contributed by atoms with Crippen LogP contribution >= 0.6 is 11.6 Å². The number of hydrogen-bond donors (Lipinski definition) is 1. The zero-order valence-corrected chi connectivity index (χ0v) is 13.9. The van der Waals surface area contributed by atoms with E-state index >= 15 is 0 Å². The van der Waals surface area contributed by atoms with Gasteiger partial charge < -0.3 is 5.32 Å². The van der Waals surface area contributed by atoms with Gasteiger partial charge in [-0.2, -0.15) is 0 Å². The molecule has 120 valence electrons. The van der Waals surface area contributed by atoms with Crippen LogP contribution in [0.4, 0.5) is 0 Å². The lowest BCUT2D eigenvalue weighted by Gasteiger charge is -2.32. The highest BCUT2D eigenvalue weighted by atomic mass is 35.5. The number of nitrogens with zero attached hydrogens (tertiary/aromatic N) is 1. The van der Waals surface area contributed by atoms with Crippen molar-refractivity contribution in [2.45, 2.75) is 56.5 Å². The van der Waals surface area contributed by atoms with Crippen molar-refractivity contribution in [1.29, 1.82) is 0 Å². The van der Waals surface area contributed by atoms with Crippen LogP contribution in [0, 0.1) is 0 Å². The Morgan fingerprint density at radius 1 is 1.09 bits per heavy atom. The van der Waals surface area contributed by atoms with Crippen molar-refractivity contribution in [1.82, 2.24) is 5.32 Å². The first kappa shape index (κ1) is 14.9. The first-order valence-corrected chi connectivity index (χ1v) is 8.90. The van der Waals surface area contributed by atoms with Crippen molar-refractivity contribution < 1.29 is 4.79 Å². The third-order valence-corrected chi connectivity index (χ3v) is 5.59. The molecule has 3 atom stereocenters. The van der Waals surface area contributed by atoms with Crippen molar-refractivity contribution in [2.75, 3.05) is 0 Å². The zero-order valence-electron chi connectivity index (χ0n) is 13.1. The van der Waals surface area contributed by atoms with E-state index in [9.17, 15) is 4.79 Å². The summed E-state index contributed by atoms with van der Waals surface area (Å²) >= 11 is 5.98. The maximum Gasteiger partial charge on any atom is 0.166 e. The fourth-order valence-electron chi connectivity index (χ4n) is 4.04. The van der Waals surface area contributed by atoms with Gasteiger partial charge >= 0.3 is 0 Å². The predicted octanol–water partition coefficient (Wildman–Crippen LogP) is 4.03. The van der Waals surface area contributed by atoms with Crippen molar-refractivity contribution in [3.05, 3.63) is 46.1 Å². The normalized spacial score (nSPS) is 30.3. The van der Waals surface area contributed by atoms with E-state index in [1.165, 1.54) is 18.4 Å². The highest BCUT2D eigenvalue weighted by Gasteiger charge is 2.33. The second-order valence-electron chi connectivity index (χ2n) is 6.85. The summed E-state index contributed by atoms with van der Waals surface area (Å²) in [5.41, 5.74) is 3.10. The number of benzene rings is 1. The minimum atomic E-state index is 0.209. The number of nitrogens with one attached hydrogen (secondary N) is 1. The second-order valence-corrected chi connectivity index (χ2v) is 7.29. The van der Waals surface area contributed by atoms with Crippen LogP contribution in [0.15, 0.2) is 40.5 Å². The second kappa shape index (κ2) is 6.12. The van der Waals surface area contributed by atoms with E-state index < -0.39 is 0 Å². The standard InChI is InChI=1S/C19H21ClN2O/c20-14-7-5-12(6-8-14)13-9-18-15(19(23)10-13)11-21-16-3-1-2-4-17(16)22-18/h5-8,11,13,16-17,22H,1-4,9-10H2/t13-,16-,17-/m0/s1. The summed E-state index contributed by atoms with van der Waals surface area (Å²) in [7, 11) is 0. The van der Waals surface area contributed by atoms with E-state index in [-0.39, 0.29) is 11.7 Å². The van der Waals surface area contributed by atoms with Gasteiger partial charge in [-0.25, -0.2) is 0 Å². The fourth-order valence-corrected chi connectivity index (χ4v) is 4.17. The van der Waals surface area contributed by atoms with E-state index in [1.807, 2.05) is 30.5 Å². The molecule has 23 heavy (non-hydrogen) atoms. The Morgan fingerprint density at radius 2 is 1.87 bits per heavy atom. The first-order chi connectivity index (χ1) is 11.2. The van der Waals surface area contributed by atoms with E-state index in [0.29, 0.717) is 18.5 Å². The number of aliphatic imine (C=N–C) groups is 1. The Hall–Kier alpha value is -1.61. The number of Topliss-reactive ketones (excluding diaryl/α,β-unsaturated/α-hetero) is 1. The van der Waals surface area contributed by atoms with Crippen LogP contribution in [-0.4, -0.2) is 24.1 Å². The van der Waals surface area contributed by atoms with Crippen LogP contribution in [0.1, 0.15) is 50.0 Å². The van der Waals surface area contributed by atoms with Crippen LogP contribution in [0.2, 0.25) is 5.02 Å². The van der Waals surface area contributed by atoms with Gasteiger partial charge in [-0.1, -0.05) is 36.6 Å². The average molecular weight is 329 g/mol. The molecule has 0 radical (unpaired) electrons. The molecule has 3 nitrogen and oxygen atoms in total. The largest absolute Gasteiger partial charge is 0.383 e. The molecular weight excluding hydrogens is 308 g/mol. The fraction of sp³-hybridized carbons (Fsp3) is 0.474. The Labute approximate surface area is 141 Å². The summed E-state index contributed by atoms with van der Waals surface area (Å²) < 4.78 is 0. The summed E-state index contributed by atoms with van der Waals surface area (Å²) in [6.45, 7) is 0. The molecule has 0 amide bonds. The highest BCUT2D eigenvalue weighted by Crippen LogP contribution is 2.36. The van der Waals surface area contributed by atoms with E-state index in [0.717, 1.165) is 35.6 Å². The molecular formula is C19H21ClN2O. The molecule has 0 aromatic heterocycles. The molecule has 1 heterocycles. The summed E-state index contributed by atoms with van der Waals surface area (Å²) in [5, 5.41) is 4.41. The molecule has 1 fully saturated rings. The van der Waals surface area contributed by atoms with E-state index in [1.54, 1.807) is 0 Å². The molecule has 0 unspecified atom stereocenters. The van der Waals surface area contributed by atoms with Crippen LogP contribution in [0.5, 0.6) is 0 Å². The molecule has 3 aliphatic rings. The number of carbonyl (C=O) groups is 1. The van der Waals surface area contributed by atoms with Gasteiger partial charge in [0, 0.05) is 29.4 Å². The van der Waals surface area contributed by atoms with Crippen molar-refractivity contribution in [2.24, 2.45) is 4.99 Å². The number of allylic oxidation sites excluding steroid dienone is 2. The summed E-state index contributed by atoms with van der Waals surface area (Å²) in [4.78, 5) is 17.3. The Bertz CT molecular complexity index is 677. The van der Waals surface area contributed by atoms with Gasteiger partial charge in [0.25, 0.3) is 0 Å². The molecule has 4 heteroatoms. The zero-order chi connectivity index (χ0) is 15.8. The molecule has 0 spiro atoms. The van der Waals surface area contributed by atoms with Crippen LogP contribution in [0.25, 0.3) is 0 Å². The molecule has 0 bridgehead atoms. The maximum atomic E-state index is 12.6. The number of halogens is 1. The molecule has 1 aromatic carbocycles. The lowest BCUT2D eigenvalue weighted by atomic mass is 9.81. The number of rotatable bonds is 1. The van der Waals surface area contributed by atoms with Gasteiger partial charge in [-0.3, -0.25) is 9.79 Å². The molecule has 2 aliphatic carbocycles. The van der Waals surface area contributed by atoms with Crippen molar-refractivity contribution >= 4 is 23.6 Å². The summed E-state index contributed by atoms with van der Waals surface area (Å²) in [6, 6.07) is 8.62. The van der Waals surface area contributed by atoms with Gasteiger partial charge in [0.05, 0.1) is 11.6 Å². The third-order valence-electron chi connectivity index (χ3n) is 5.33. The monoisotopic (exact) mass is 328 g/mol. The average Bonchev–Trinajstić information content (AvgIpc) is 2.74. The van der Waals surface area contributed by atoms with Crippen molar-refractivity contribution in [3.63, 3.8) is 0 Å². The lowest BCUT2D eigenvalue weighted by Crippen LogP contribution is -2.41. The van der Waals surface area contributed by atoms with E-state index in [4.69, 9.17) is 16.6 Å². The molecule has 0 saturated heterocycles. The Morgan fingerprint density at radius 3 is 2.70 bits per heavy atom. The molecule has 1 aliphatic heterocycles. The summed E-state index contributed by atoms with van der Waals surface area (Å²) in [6.07, 6.45) is 8.06. The quantitative estimate of drug-likeness (QED) is 0.845. The molecule has 1 N–H and O–H groups in total. The first-order valence-electron chi connectivity index (χ1n) is 8.52. The Kier molecular flexibility index (Phi) is 3.98. The maximum absolute atomic E-state index is 12.6. The van der Waals surface area contributed by atoms with Gasteiger partial charge in [0.15, 0.2) is 5.78 Å². The SMILES string of the molecule is O=C1C[C@@H](c2ccc(Cl)cc2)CC2=C1C=N[C@H]1CCCC[C@@H]1N2. The number of fused-ring (bicyclic) bond motifs is 1. The Balaban J connectivity index is 1.61. The van der Waals surface area contributed by atoms with Gasteiger partial charge in [0.1, 0.15) is 0 Å². The smallest absolute Gasteiger partial charge is 0.166 e. The van der Waals surface area contributed by atoms with Gasteiger partial charge in [-0.15, -0.1) is 0 Å². The number of ketones is 1. The lowest BCUT2D eigenvalue weighted by molar-refractivity contribution is -0.115. The van der Waals surface area contributed by atoms with E-state index in [2.05, 4.69) is 5.32 Å². The predicted molar refractivity (Wildman–Crippen MR) is 93.1 cm³/mol. The highest BCUT2D eigenvalue weighted by molar-refractivity contribution is 6.30. The number of hydrogen-bond acceptors (Lipinski definition) is 3. The molecule has 1 aromatic rings. The van der Waals surface area contributed by atoms with Crippen molar-refractivity contribution in [3.8, 4) is 0 Å². The third kappa shape index (κ3) is 2.94.